The summed E-state index contributed by atoms with van der Waals surface area (Å²) in [5.74, 6) is 1.76. The van der Waals surface area contributed by atoms with Crippen LogP contribution in [-0.4, -0.2) is 45.3 Å². The third-order valence-electron chi connectivity index (χ3n) is 3.45. The van der Waals surface area contributed by atoms with Crippen LogP contribution in [0.4, 0.5) is 0 Å². The Balaban J connectivity index is 1.94. The molecule has 0 spiro atoms. The predicted octanol–water partition coefficient (Wildman–Crippen LogP) is 0.728. The van der Waals surface area contributed by atoms with Crippen LogP contribution in [0.15, 0.2) is 6.33 Å². The number of nitrogens with zero attached hydrogens (tertiary/aromatic N) is 4. The molecule has 1 unspecified atom stereocenters. The van der Waals surface area contributed by atoms with Crippen molar-refractivity contribution < 1.29 is 0 Å². The molecule has 0 saturated carbocycles. The molecule has 1 aliphatic rings. The highest BCUT2D eigenvalue weighted by atomic mass is 15.3. The van der Waals surface area contributed by atoms with Gasteiger partial charge >= 0.3 is 0 Å². The second-order valence-electron chi connectivity index (χ2n) is 5.03. The van der Waals surface area contributed by atoms with Crippen LogP contribution in [0.2, 0.25) is 0 Å². The number of aryl methyl sites for hydroxylation is 1. The molecule has 1 N–H and O–H groups in total. The third kappa shape index (κ3) is 3.04. The second-order valence-corrected chi connectivity index (χ2v) is 5.03. The van der Waals surface area contributed by atoms with Crippen molar-refractivity contribution in [1.29, 1.82) is 0 Å². The Hall–Kier alpha value is -0.940. The Kier molecular flexibility index (Phi) is 4.12. The van der Waals surface area contributed by atoms with Crippen LogP contribution >= 0.6 is 0 Å². The van der Waals surface area contributed by atoms with Gasteiger partial charge in [0.25, 0.3) is 0 Å². The minimum absolute atomic E-state index is 0.599. The summed E-state index contributed by atoms with van der Waals surface area (Å²) >= 11 is 0. The molecule has 0 radical (unpaired) electrons. The van der Waals surface area contributed by atoms with Crippen LogP contribution in [0.3, 0.4) is 0 Å². The lowest BCUT2D eigenvalue weighted by Gasteiger charge is -2.35. The molecule has 1 aromatic rings. The largest absolute Gasteiger partial charge is 0.311 e. The molecule has 0 bridgehead atoms. The zero-order valence-electron chi connectivity index (χ0n) is 11.1. The molecule has 1 saturated heterocycles. The maximum Gasteiger partial charge on any atom is 0.140 e. The van der Waals surface area contributed by atoms with E-state index in [4.69, 9.17) is 0 Å². The highest BCUT2D eigenvalue weighted by Gasteiger charge is 2.22. The number of piperazine rings is 1. The van der Waals surface area contributed by atoms with Crippen LogP contribution in [0.25, 0.3) is 0 Å². The fraction of sp³-hybridized carbons (Fsp3) is 0.833. The standard InChI is InChI=1S/C12H23N5/c1-4-17-12(14-9-15-17)8-16-6-5-13-11(7-16)10(2)3/h9-11,13H,4-8H2,1-3H3. The van der Waals surface area contributed by atoms with E-state index >= 15 is 0 Å². The van der Waals surface area contributed by atoms with Crippen molar-refractivity contribution in [2.24, 2.45) is 5.92 Å². The summed E-state index contributed by atoms with van der Waals surface area (Å²) in [6.07, 6.45) is 1.65. The monoisotopic (exact) mass is 237 g/mol. The zero-order valence-corrected chi connectivity index (χ0v) is 11.1. The molecule has 1 aromatic heterocycles. The van der Waals surface area contributed by atoms with E-state index in [1.165, 1.54) is 0 Å². The van der Waals surface area contributed by atoms with Gasteiger partial charge in [-0.1, -0.05) is 13.8 Å². The van der Waals surface area contributed by atoms with Gasteiger partial charge in [-0.15, -0.1) is 0 Å². The van der Waals surface area contributed by atoms with Gasteiger partial charge in [0.2, 0.25) is 0 Å². The van der Waals surface area contributed by atoms with E-state index in [0.717, 1.165) is 38.5 Å². The summed E-state index contributed by atoms with van der Waals surface area (Å²) < 4.78 is 1.98. The van der Waals surface area contributed by atoms with Crippen LogP contribution in [0.5, 0.6) is 0 Å². The Bertz CT molecular complexity index is 346. The van der Waals surface area contributed by atoms with E-state index in [1.54, 1.807) is 6.33 Å². The Labute approximate surface area is 103 Å². The normalized spacial score (nSPS) is 22.2. The lowest BCUT2D eigenvalue weighted by molar-refractivity contribution is 0.163. The topological polar surface area (TPSA) is 46.0 Å². The summed E-state index contributed by atoms with van der Waals surface area (Å²) in [5, 5.41) is 7.79. The fourth-order valence-corrected chi connectivity index (χ4v) is 2.31. The second kappa shape index (κ2) is 5.60. The number of hydrogen-bond donors (Lipinski definition) is 1. The Morgan fingerprint density at radius 3 is 3.06 bits per heavy atom. The number of nitrogens with one attached hydrogen (secondary N) is 1. The molecule has 2 heterocycles. The van der Waals surface area contributed by atoms with Gasteiger partial charge in [-0.3, -0.25) is 4.90 Å². The zero-order chi connectivity index (χ0) is 12.3. The summed E-state index contributed by atoms with van der Waals surface area (Å²) in [7, 11) is 0. The molecule has 5 nitrogen and oxygen atoms in total. The predicted molar refractivity (Wildman–Crippen MR) is 67.6 cm³/mol. The van der Waals surface area contributed by atoms with Crippen molar-refractivity contribution in [3.8, 4) is 0 Å². The van der Waals surface area contributed by atoms with Gasteiger partial charge in [0, 0.05) is 32.2 Å². The van der Waals surface area contributed by atoms with E-state index < -0.39 is 0 Å². The Morgan fingerprint density at radius 1 is 1.53 bits per heavy atom. The maximum atomic E-state index is 4.34. The molecular weight excluding hydrogens is 214 g/mol. The Morgan fingerprint density at radius 2 is 2.35 bits per heavy atom. The molecule has 0 aliphatic carbocycles. The molecule has 5 heteroatoms. The van der Waals surface area contributed by atoms with E-state index in [1.807, 2.05) is 4.68 Å². The van der Waals surface area contributed by atoms with Gasteiger partial charge in [0.15, 0.2) is 0 Å². The van der Waals surface area contributed by atoms with Gasteiger partial charge in [-0.2, -0.15) is 5.10 Å². The minimum atomic E-state index is 0.599. The first-order chi connectivity index (χ1) is 8.20. The molecule has 1 atom stereocenters. The van der Waals surface area contributed by atoms with Crippen LogP contribution in [0.1, 0.15) is 26.6 Å². The van der Waals surface area contributed by atoms with Crippen molar-refractivity contribution in [3.05, 3.63) is 12.2 Å². The average molecular weight is 237 g/mol. The first-order valence-corrected chi connectivity index (χ1v) is 6.53. The van der Waals surface area contributed by atoms with E-state index in [9.17, 15) is 0 Å². The molecule has 2 rings (SSSR count). The van der Waals surface area contributed by atoms with E-state index in [0.29, 0.717) is 12.0 Å². The van der Waals surface area contributed by atoms with Gasteiger partial charge < -0.3 is 5.32 Å². The molecular formula is C12H23N5. The van der Waals surface area contributed by atoms with Crippen molar-refractivity contribution in [1.82, 2.24) is 25.0 Å². The molecule has 0 amide bonds. The van der Waals surface area contributed by atoms with E-state index in [2.05, 4.69) is 41.1 Å². The molecule has 1 aliphatic heterocycles. The molecule has 17 heavy (non-hydrogen) atoms. The molecule has 0 aromatic carbocycles. The van der Waals surface area contributed by atoms with Crippen LogP contribution < -0.4 is 5.32 Å². The van der Waals surface area contributed by atoms with Gasteiger partial charge in [-0.05, 0) is 12.8 Å². The number of rotatable bonds is 4. The third-order valence-corrected chi connectivity index (χ3v) is 3.45. The first kappa shape index (κ1) is 12.5. The summed E-state index contributed by atoms with van der Waals surface area (Å²) in [4.78, 5) is 6.81. The summed E-state index contributed by atoms with van der Waals surface area (Å²) in [5.41, 5.74) is 0. The average Bonchev–Trinajstić information content (AvgIpc) is 2.76. The van der Waals surface area contributed by atoms with Crippen LogP contribution in [-0.2, 0) is 13.1 Å². The SMILES string of the molecule is CCn1ncnc1CN1CCNC(C(C)C)C1. The first-order valence-electron chi connectivity index (χ1n) is 6.53. The number of hydrogen-bond acceptors (Lipinski definition) is 4. The molecule has 96 valence electrons. The van der Waals surface area contributed by atoms with Crippen molar-refractivity contribution in [2.75, 3.05) is 19.6 Å². The highest BCUT2D eigenvalue weighted by Crippen LogP contribution is 2.10. The minimum Gasteiger partial charge on any atom is -0.311 e. The van der Waals surface area contributed by atoms with Crippen molar-refractivity contribution in [3.63, 3.8) is 0 Å². The van der Waals surface area contributed by atoms with Gasteiger partial charge in [0.1, 0.15) is 12.2 Å². The quantitative estimate of drug-likeness (QED) is 0.838. The van der Waals surface area contributed by atoms with Gasteiger partial charge in [0.05, 0.1) is 6.54 Å². The van der Waals surface area contributed by atoms with E-state index in [-0.39, 0.29) is 0 Å². The van der Waals surface area contributed by atoms with Crippen LogP contribution in [0, 0.1) is 5.92 Å². The fourth-order valence-electron chi connectivity index (χ4n) is 2.31. The smallest absolute Gasteiger partial charge is 0.140 e. The van der Waals surface area contributed by atoms with Gasteiger partial charge in [-0.25, -0.2) is 9.67 Å². The lowest BCUT2D eigenvalue weighted by atomic mass is 10.0. The highest BCUT2D eigenvalue weighted by molar-refractivity contribution is 4.88. The lowest BCUT2D eigenvalue weighted by Crippen LogP contribution is -2.52. The maximum absolute atomic E-state index is 4.34. The number of aromatic nitrogens is 3. The van der Waals surface area contributed by atoms with Crippen molar-refractivity contribution >= 4 is 0 Å². The summed E-state index contributed by atoms with van der Waals surface area (Å²) in [6.45, 7) is 11.7. The summed E-state index contributed by atoms with van der Waals surface area (Å²) in [6, 6.07) is 0.599. The molecule has 1 fully saturated rings. The van der Waals surface area contributed by atoms with Crippen molar-refractivity contribution in [2.45, 2.75) is 39.9 Å².